The van der Waals surface area contributed by atoms with Crippen LogP contribution in [0.1, 0.15) is 32.6 Å². The van der Waals surface area contributed by atoms with E-state index >= 15 is 0 Å². The second-order valence-corrected chi connectivity index (χ2v) is 4.59. The van der Waals surface area contributed by atoms with Crippen molar-refractivity contribution in [1.29, 1.82) is 0 Å². The van der Waals surface area contributed by atoms with Crippen molar-refractivity contribution in [3.63, 3.8) is 0 Å². The van der Waals surface area contributed by atoms with Crippen LogP contribution in [0, 0.1) is 5.41 Å². The molecule has 2 aliphatic rings. The summed E-state index contributed by atoms with van der Waals surface area (Å²) in [6, 6.07) is 0.585. The van der Waals surface area contributed by atoms with Gasteiger partial charge in [0.15, 0.2) is 0 Å². The van der Waals surface area contributed by atoms with Crippen molar-refractivity contribution in [3.8, 4) is 0 Å². The van der Waals surface area contributed by atoms with E-state index in [4.69, 9.17) is 10.6 Å². The second-order valence-electron chi connectivity index (χ2n) is 4.59. The van der Waals surface area contributed by atoms with Crippen molar-refractivity contribution >= 4 is 0 Å². The van der Waals surface area contributed by atoms with Gasteiger partial charge in [-0.05, 0) is 25.7 Å². The van der Waals surface area contributed by atoms with Crippen LogP contribution in [0.5, 0.6) is 0 Å². The molecule has 0 aromatic rings. The largest absolute Gasteiger partial charge is 0.381 e. The molecular formula is C10H20N2O. The smallest absolute Gasteiger partial charge is 0.0535 e. The Kier molecular flexibility index (Phi) is 2.58. The van der Waals surface area contributed by atoms with Gasteiger partial charge in [-0.25, -0.2) is 5.01 Å². The summed E-state index contributed by atoms with van der Waals surface area (Å²) in [6.45, 7) is 5.12. The fourth-order valence-corrected chi connectivity index (χ4v) is 2.77. The third-order valence-corrected chi connectivity index (χ3v) is 3.53. The van der Waals surface area contributed by atoms with Crippen molar-refractivity contribution < 1.29 is 4.74 Å². The molecule has 0 aliphatic carbocycles. The zero-order chi connectivity index (χ0) is 9.31. The van der Waals surface area contributed by atoms with E-state index in [1.165, 1.54) is 19.3 Å². The highest BCUT2D eigenvalue weighted by molar-refractivity contribution is 4.94. The molecule has 0 radical (unpaired) electrons. The summed E-state index contributed by atoms with van der Waals surface area (Å²) >= 11 is 0. The van der Waals surface area contributed by atoms with Crippen LogP contribution in [0.2, 0.25) is 0 Å². The summed E-state index contributed by atoms with van der Waals surface area (Å²) in [5, 5.41) is 2.02. The fraction of sp³-hybridized carbons (Fsp3) is 1.00. The first-order chi connectivity index (χ1) is 6.26. The molecule has 13 heavy (non-hydrogen) atoms. The average Bonchev–Trinajstić information content (AvgIpc) is 2.44. The van der Waals surface area contributed by atoms with Gasteiger partial charge < -0.3 is 4.74 Å². The topological polar surface area (TPSA) is 38.5 Å². The SMILES string of the molecule is CCC1CC2(CCCOC2)CN1N. The molecule has 3 heteroatoms. The summed E-state index contributed by atoms with van der Waals surface area (Å²) in [5.74, 6) is 5.97. The fourth-order valence-electron chi connectivity index (χ4n) is 2.77. The maximum atomic E-state index is 5.97. The minimum Gasteiger partial charge on any atom is -0.381 e. The van der Waals surface area contributed by atoms with Gasteiger partial charge in [0.2, 0.25) is 0 Å². The van der Waals surface area contributed by atoms with Gasteiger partial charge in [0.05, 0.1) is 6.61 Å². The third-order valence-electron chi connectivity index (χ3n) is 3.53. The Morgan fingerprint density at radius 3 is 3.00 bits per heavy atom. The number of nitrogens with zero attached hydrogens (tertiary/aromatic N) is 1. The summed E-state index contributed by atoms with van der Waals surface area (Å²) < 4.78 is 5.57. The third kappa shape index (κ3) is 1.73. The summed E-state index contributed by atoms with van der Waals surface area (Å²) in [5.41, 5.74) is 0.397. The highest BCUT2D eigenvalue weighted by Gasteiger charge is 2.43. The first kappa shape index (κ1) is 9.44. The van der Waals surface area contributed by atoms with Gasteiger partial charge in [0.25, 0.3) is 0 Å². The van der Waals surface area contributed by atoms with Crippen molar-refractivity contribution in [1.82, 2.24) is 5.01 Å². The Balaban J connectivity index is 2.01. The Morgan fingerprint density at radius 1 is 1.62 bits per heavy atom. The highest BCUT2D eigenvalue weighted by Crippen LogP contribution is 2.40. The zero-order valence-electron chi connectivity index (χ0n) is 8.46. The van der Waals surface area contributed by atoms with Crippen molar-refractivity contribution in [2.24, 2.45) is 11.3 Å². The molecule has 2 atom stereocenters. The zero-order valence-corrected chi connectivity index (χ0v) is 8.46. The highest BCUT2D eigenvalue weighted by atomic mass is 16.5. The minimum atomic E-state index is 0.397. The lowest BCUT2D eigenvalue weighted by molar-refractivity contribution is -0.00230. The summed E-state index contributed by atoms with van der Waals surface area (Å²) in [4.78, 5) is 0. The predicted octanol–water partition coefficient (Wildman–Crippen LogP) is 1.14. The maximum absolute atomic E-state index is 5.97. The Labute approximate surface area is 80.2 Å². The quantitative estimate of drug-likeness (QED) is 0.621. The van der Waals surface area contributed by atoms with Crippen molar-refractivity contribution in [3.05, 3.63) is 0 Å². The number of hydrazine groups is 1. The molecule has 2 unspecified atom stereocenters. The van der Waals surface area contributed by atoms with Crippen LogP contribution < -0.4 is 5.84 Å². The first-order valence-corrected chi connectivity index (χ1v) is 5.35. The molecule has 0 bridgehead atoms. The van der Waals surface area contributed by atoms with Crippen LogP contribution in [0.15, 0.2) is 0 Å². The summed E-state index contributed by atoms with van der Waals surface area (Å²) in [7, 11) is 0. The van der Waals surface area contributed by atoms with Crippen LogP contribution in [-0.2, 0) is 4.74 Å². The minimum absolute atomic E-state index is 0.397. The van der Waals surface area contributed by atoms with Gasteiger partial charge in [-0.15, -0.1) is 0 Å². The lowest BCUT2D eigenvalue weighted by atomic mass is 9.80. The molecule has 2 heterocycles. The van der Waals surface area contributed by atoms with E-state index in [-0.39, 0.29) is 0 Å². The van der Waals surface area contributed by atoms with E-state index in [0.717, 1.165) is 26.2 Å². The Bertz CT molecular complexity index is 178. The molecule has 0 aromatic carbocycles. The number of nitrogens with two attached hydrogens (primary N) is 1. The number of hydrogen-bond acceptors (Lipinski definition) is 3. The Hall–Kier alpha value is -0.120. The van der Waals surface area contributed by atoms with E-state index in [0.29, 0.717) is 11.5 Å². The second kappa shape index (κ2) is 3.56. The molecule has 0 amide bonds. The van der Waals surface area contributed by atoms with E-state index in [1.54, 1.807) is 0 Å². The van der Waals surface area contributed by atoms with Crippen LogP contribution in [0.3, 0.4) is 0 Å². The van der Waals surface area contributed by atoms with Crippen LogP contribution >= 0.6 is 0 Å². The molecule has 3 nitrogen and oxygen atoms in total. The van der Waals surface area contributed by atoms with Crippen LogP contribution in [0.4, 0.5) is 0 Å². The average molecular weight is 184 g/mol. The summed E-state index contributed by atoms with van der Waals surface area (Å²) in [6.07, 6.45) is 4.92. The molecule has 1 spiro atoms. The van der Waals surface area contributed by atoms with E-state index in [1.807, 2.05) is 5.01 Å². The number of ether oxygens (including phenoxy) is 1. The van der Waals surface area contributed by atoms with Gasteiger partial charge in [-0.3, -0.25) is 5.84 Å². The standard InChI is InChI=1S/C10H20N2O/c1-2-9-6-10(7-12(9)11)4-3-5-13-8-10/h9H,2-8,11H2,1H3. The Morgan fingerprint density at radius 2 is 2.46 bits per heavy atom. The van der Waals surface area contributed by atoms with Gasteiger partial charge in [-0.1, -0.05) is 6.92 Å². The van der Waals surface area contributed by atoms with E-state index in [2.05, 4.69) is 6.92 Å². The molecule has 2 saturated heterocycles. The molecule has 0 saturated carbocycles. The molecule has 2 rings (SSSR count). The van der Waals surface area contributed by atoms with E-state index < -0.39 is 0 Å². The van der Waals surface area contributed by atoms with Crippen molar-refractivity contribution in [2.75, 3.05) is 19.8 Å². The predicted molar refractivity (Wildman–Crippen MR) is 52.1 cm³/mol. The van der Waals surface area contributed by atoms with Gasteiger partial charge in [0.1, 0.15) is 0 Å². The molecule has 2 fully saturated rings. The maximum Gasteiger partial charge on any atom is 0.0535 e. The molecule has 0 aromatic heterocycles. The van der Waals surface area contributed by atoms with Crippen LogP contribution in [-0.4, -0.2) is 30.8 Å². The van der Waals surface area contributed by atoms with Crippen molar-refractivity contribution in [2.45, 2.75) is 38.6 Å². The van der Waals surface area contributed by atoms with E-state index in [9.17, 15) is 0 Å². The van der Waals surface area contributed by atoms with Gasteiger partial charge in [-0.2, -0.15) is 0 Å². The number of rotatable bonds is 1. The van der Waals surface area contributed by atoms with Crippen LogP contribution in [0.25, 0.3) is 0 Å². The molecule has 2 N–H and O–H groups in total. The normalized spacial score (nSPS) is 41.5. The van der Waals surface area contributed by atoms with Gasteiger partial charge >= 0.3 is 0 Å². The number of hydrogen-bond donors (Lipinski definition) is 1. The molecular weight excluding hydrogens is 164 g/mol. The lowest BCUT2D eigenvalue weighted by Gasteiger charge is -2.32. The lowest BCUT2D eigenvalue weighted by Crippen LogP contribution is -2.38. The first-order valence-electron chi connectivity index (χ1n) is 5.35. The molecule has 76 valence electrons. The molecule has 2 aliphatic heterocycles. The van der Waals surface area contributed by atoms with Gasteiger partial charge in [0, 0.05) is 24.6 Å². The monoisotopic (exact) mass is 184 g/mol.